The van der Waals surface area contributed by atoms with Crippen molar-refractivity contribution in [2.75, 3.05) is 18.0 Å². The number of amides is 1. The largest absolute Gasteiger partial charge is 0.497 e. The predicted octanol–water partition coefficient (Wildman–Crippen LogP) is 4.31. The first-order valence-electron chi connectivity index (χ1n) is 11.0. The summed E-state index contributed by atoms with van der Waals surface area (Å²) in [6.45, 7) is 3.54. The van der Waals surface area contributed by atoms with Crippen LogP contribution in [0.1, 0.15) is 31.9 Å². The molecule has 0 aliphatic carbocycles. The summed E-state index contributed by atoms with van der Waals surface area (Å²) < 4.78 is 39.5. The normalized spacial score (nSPS) is 16.6. The van der Waals surface area contributed by atoms with Gasteiger partial charge < -0.3 is 14.8 Å². The van der Waals surface area contributed by atoms with Crippen molar-refractivity contribution in [1.29, 1.82) is 0 Å². The second-order valence-electron chi connectivity index (χ2n) is 8.75. The average Bonchev–Trinajstić information content (AvgIpc) is 2.82. The molecule has 0 radical (unpaired) electrons. The van der Waals surface area contributed by atoms with Crippen LogP contribution in [-0.4, -0.2) is 33.6 Å². The lowest BCUT2D eigenvalue weighted by molar-refractivity contribution is -0.120. The number of ether oxygens (including phenoxy) is 2. The number of benzene rings is 3. The molecule has 1 heterocycles. The SMILES string of the molecule is COc1cccc(N(CC(=O)NC2CC(C)(C)Oc3ccccc32)S(=O)(=O)c2ccccc2)c1. The summed E-state index contributed by atoms with van der Waals surface area (Å²) in [6.07, 6.45) is 0.556. The quantitative estimate of drug-likeness (QED) is 0.545. The van der Waals surface area contributed by atoms with E-state index in [9.17, 15) is 13.2 Å². The van der Waals surface area contributed by atoms with Gasteiger partial charge in [-0.3, -0.25) is 9.10 Å². The minimum atomic E-state index is -4.01. The Morgan fingerprint density at radius 2 is 1.76 bits per heavy atom. The van der Waals surface area contributed by atoms with E-state index < -0.39 is 21.5 Å². The Bertz CT molecular complexity index is 1280. The second kappa shape index (κ2) is 9.38. The Morgan fingerprint density at radius 3 is 2.50 bits per heavy atom. The third kappa shape index (κ3) is 5.02. The summed E-state index contributed by atoms with van der Waals surface area (Å²) in [5, 5.41) is 3.03. The fourth-order valence-corrected chi connectivity index (χ4v) is 5.54. The Labute approximate surface area is 200 Å². The molecule has 8 heteroatoms. The lowest BCUT2D eigenvalue weighted by Gasteiger charge is -2.38. The maximum absolute atomic E-state index is 13.5. The molecule has 0 spiro atoms. The highest BCUT2D eigenvalue weighted by atomic mass is 32.2. The molecule has 0 aromatic heterocycles. The van der Waals surface area contributed by atoms with E-state index in [1.807, 2.05) is 38.1 Å². The molecule has 1 unspecified atom stereocenters. The molecule has 3 aromatic rings. The molecule has 1 aliphatic heterocycles. The number of sulfonamides is 1. The number of nitrogens with zero attached hydrogens (tertiary/aromatic N) is 1. The molecule has 1 amide bonds. The zero-order valence-corrected chi connectivity index (χ0v) is 20.2. The van der Waals surface area contributed by atoms with Crippen LogP contribution in [0.3, 0.4) is 0 Å². The Balaban J connectivity index is 1.65. The van der Waals surface area contributed by atoms with Crippen LogP contribution in [0.2, 0.25) is 0 Å². The van der Waals surface area contributed by atoms with Gasteiger partial charge in [0.25, 0.3) is 10.0 Å². The number of hydrogen-bond acceptors (Lipinski definition) is 5. The number of methoxy groups -OCH3 is 1. The first kappa shape index (κ1) is 23.6. The first-order valence-corrected chi connectivity index (χ1v) is 12.4. The lowest BCUT2D eigenvalue weighted by atomic mass is 9.89. The number of carbonyl (C=O) groups excluding carboxylic acids is 1. The van der Waals surface area contributed by atoms with Crippen LogP contribution in [0.5, 0.6) is 11.5 Å². The molecule has 1 atom stereocenters. The van der Waals surface area contributed by atoms with E-state index in [-0.39, 0.29) is 17.5 Å². The van der Waals surface area contributed by atoms with Crippen molar-refractivity contribution in [2.24, 2.45) is 0 Å². The molecule has 7 nitrogen and oxygen atoms in total. The summed E-state index contributed by atoms with van der Waals surface area (Å²) in [6, 6.07) is 22.0. The van der Waals surface area contributed by atoms with Gasteiger partial charge in [0.1, 0.15) is 23.6 Å². The molecule has 0 saturated carbocycles. The number of carbonyl (C=O) groups is 1. The van der Waals surface area contributed by atoms with Crippen LogP contribution >= 0.6 is 0 Å². The third-order valence-corrected chi connectivity index (χ3v) is 7.46. The van der Waals surface area contributed by atoms with Crippen molar-refractivity contribution in [3.05, 3.63) is 84.4 Å². The highest BCUT2D eigenvalue weighted by molar-refractivity contribution is 7.92. The number of nitrogens with one attached hydrogen (secondary N) is 1. The molecule has 0 saturated heterocycles. The van der Waals surface area contributed by atoms with Gasteiger partial charge in [0, 0.05) is 18.1 Å². The van der Waals surface area contributed by atoms with Crippen LogP contribution < -0.4 is 19.1 Å². The van der Waals surface area contributed by atoms with Crippen LogP contribution in [-0.2, 0) is 14.8 Å². The number of fused-ring (bicyclic) bond motifs is 1. The molecule has 1 aliphatic rings. The van der Waals surface area contributed by atoms with Gasteiger partial charge in [-0.25, -0.2) is 8.42 Å². The molecule has 34 heavy (non-hydrogen) atoms. The Morgan fingerprint density at radius 1 is 1.06 bits per heavy atom. The molecule has 0 fully saturated rings. The minimum absolute atomic E-state index is 0.100. The summed E-state index contributed by atoms with van der Waals surface area (Å²) in [5.74, 6) is 0.789. The average molecular weight is 481 g/mol. The van der Waals surface area contributed by atoms with E-state index in [0.29, 0.717) is 23.6 Å². The summed E-state index contributed by atoms with van der Waals surface area (Å²) in [5.41, 5.74) is 0.731. The van der Waals surface area contributed by atoms with Crippen molar-refractivity contribution < 1.29 is 22.7 Å². The molecule has 0 bridgehead atoms. The predicted molar refractivity (Wildman–Crippen MR) is 131 cm³/mol. The molecule has 1 N–H and O–H groups in total. The van der Waals surface area contributed by atoms with Crippen molar-refractivity contribution in [1.82, 2.24) is 5.32 Å². The maximum Gasteiger partial charge on any atom is 0.264 e. The number of anilines is 1. The Hall–Kier alpha value is -3.52. The van der Waals surface area contributed by atoms with Gasteiger partial charge >= 0.3 is 0 Å². The lowest BCUT2D eigenvalue weighted by Crippen LogP contribution is -2.45. The van der Waals surface area contributed by atoms with Crippen LogP contribution in [0.15, 0.2) is 83.8 Å². The fourth-order valence-electron chi connectivity index (χ4n) is 4.10. The van der Waals surface area contributed by atoms with Crippen molar-refractivity contribution in [3.8, 4) is 11.5 Å². The zero-order valence-electron chi connectivity index (χ0n) is 19.4. The van der Waals surface area contributed by atoms with E-state index in [1.165, 1.54) is 19.2 Å². The zero-order chi connectivity index (χ0) is 24.3. The maximum atomic E-state index is 13.5. The van der Waals surface area contributed by atoms with E-state index in [0.717, 1.165) is 9.87 Å². The van der Waals surface area contributed by atoms with Crippen LogP contribution in [0.4, 0.5) is 5.69 Å². The number of para-hydroxylation sites is 1. The summed E-state index contributed by atoms with van der Waals surface area (Å²) in [4.78, 5) is 13.4. The summed E-state index contributed by atoms with van der Waals surface area (Å²) >= 11 is 0. The Kier molecular flexibility index (Phi) is 6.52. The monoisotopic (exact) mass is 480 g/mol. The standard InChI is InChI=1S/C26H28N2O5S/c1-26(2)17-23(22-14-7-8-15-24(22)33-26)27-25(29)18-28(19-10-9-11-20(16-19)32-3)34(30,31)21-12-5-4-6-13-21/h4-16,23H,17-18H2,1-3H3,(H,27,29). The van der Waals surface area contributed by atoms with Gasteiger partial charge in [0.2, 0.25) is 5.91 Å². The molecule has 4 rings (SSSR count). The molecule has 3 aromatic carbocycles. The van der Waals surface area contributed by atoms with Crippen molar-refractivity contribution in [3.63, 3.8) is 0 Å². The van der Waals surface area contributed by atoms with E-state index in [4.69, 9.17) is 9.47 Å². The van der Waals surface area contributed by atoms with Gasteiger partial charge in [-0.05, 0) is 44.2 Å². The fraction of sp³-hybridized carbons (Fsp3) is 0.269. The molecular formula is C26H28N2O5S. The van der Waals surface area contributed by atoms with Gasteiger partial charge in [-0.2, -0.15) is 0 Å². The molecular weight excluding hydrogens is 452 g/mol. The van der Waals surface area contributed by atoms with Gasteiger partial charge in [-0.15, -0.1) is 0 Å². The first-order chi connectivity index (χ1) is 16.2. The highest BCUT2D eigenvalue weighted by Crippen LogP contribution is 2.39. The van der Waals surface area contributed by atoms with Gasteiger partial charge in [0.05, 0.1) is 23.7 Å². The minimum Gasteiger partial charge on any atom is -0.497 e. The van der Waals surface area contributed by atoms with Crippen LogP contribution in [0.25, 0.3) is 0 Å². The number of hydrogen-bond donors (Lipinski definition) is 1. The van der Waals surface area contributed by atoms with Gasteiger partial charge in [-0.1, -0.05) is 42.5 Å². The van der Waals surface area contributed by atoms with Crippen molar-refractivity contribution >= 4 is 21.6 Å². The van der Waals surface area contributed by atoms with Crippen LogP contribution in [0, 0.1) is 0 Å². The number of rotatable bonds is 7. The van der Waals surface area contributed by atoms with Crippen molar-refractivity contribution in [2.45, 2.75) is 36.8 Å². The summed E-state index contributed by atoms with van der Waals surface area (Å²) in [7, 11) is -2.50. The van der Waals surface area contributed by atoms with E-state index in [2.05, 4.69) is 5.32 Å². The van der Waals surface area contributed by atoms with Gasteiger partial charge in [0.15, 0.2) is 0 Å². The van der Waals surface area contributed by atoms with E-state index >= 15 is 0 Å². The van der Waals surface area contributed by atoms with E-state index in [1.54, 1.807) is 42.5 Å². The second-order valence-corrected chi connectivity index (χ2v) is 10.6. The topological polar surface area (TPSA) is 84.9 Å². The smallest absolute Gasteiger partial charge is 0.264 e. The highest BCUT2D eigenvalue weighted by Gasteiger charge is 2.35. The third-order valence-electron chi connectivity index (χ3n) is 5.67. The molecule has 178 valence electrons.